The van der Waals surface area contributed by atoms with Crippen LogP contribution in [0.15, 0.2) is 12.3 Å². The number of carbonyl (C=O) groups is 3. The topological polar surface area (TPSA) is 143 Å². The molecule has 1 amide bonds. The van der Waals surface area contributed by atoms with Crippen molar-refractivity contribution in [1.82, 2.24) is 9.69 Å². The molecule has 0 saturated carbocycles. The Kier molecular flexibility index (Phi) is 7.81. The first-order valence-corrected chi connectivity index (χ1v) is 10.5. The van der Waals surface area contributed by atoms with E-state index in [1.807, 2.05) is 0 Å². The van der Waals surface area contributed by atoms with E-state index < -0.39 is 44.3 Å². The van der Waals surface area contributed by atoms with Crippen LogP contribution in [-0.4, -0.2) is 60.3 Å². The molecule has 1 aliphatic heterocycles. The van der Waals surface area contributed by atoms with Crippen molar-refractivity contribution in [2.45, 2.75) is 26.4 Å². The summed E-state index contributed by atoms with van der Waals surface area (Å²) in [5.74, 6) is -1.69. The lowest BCUT2D eigenvalue weighted by atomic mass is 9.87. The van der Waals surface area contributed by atoms with Crippen molar-refractivity contribution in [1.29, 1.82) is 0 Å². The van der Waals surface area contributed by atoms with E-state index >= 15 is 0 Å². The molecular formula is C15H22N2O9PS. The zero-order valence-corrected chi connectivity index (χ0v) is 17.3. The summed E-state index contributed by atoms with van der Waals surface area (Å²) in [5.41, 5.74) is -0.774. The summed E-state index contributed by atoms with van der Waals surface area (Å²) in [6, 6.07) is 1.47. The van der Waals surface area contributed by atoms with Crippen molar-refractivity contribution < 1.29 is 42.3 Å². The van der Waals surface area contributed by atoms with E-state index in [0.29, 0.717) is 0 Å². The average Bonchev–Trinajstić information content (AvgIpc) is 3.18. The minimum Gasteiger partial charge on any atom is -0.469 e. The van der Waals surface area contributed by atoms with Crippen molar-refractivity contribution in [2.75, 3.05) is 27.1 Å². The highest BCUT2D eigenvalue weighted by Crippen LogP contribution is 2.63. The smallest absolute Gasteiger partial charge is 0.381 e. The van der Waals surface area contributed by atoms with Crippen molar-refractivity contribution in [2.24, 2.45) is 5.41 Å². The fraction of sp³-hybridized carbons (Fsp3) is 0.600. The molecule has 2 rings (SSSR count). The molecule has 1 saturated heterocycles. The first-order valence-electron chi connectivity index (χ1n) is 8.18. The zero-order valence-electron chi connectivity index (χ0n) is 15.6. The first-order chi connectivity index (χ1) is 13.2. The van der Waals surface area contributed by atoms with Crippen molar-refractivity contribution in [3.63, 3.8) is 0 Å². The second-order valence-corrected chi connectivity index (χ2v) is 8.89. The molecule has 157 valence electrons. The van der Waals surface area contributed by atoms with Crippen LogP contribution in [-0.2, 0) is 32.6 Å². The third-order valence-corrected chi connectivity index (χ3v) is 5.78. The number of hydrogen-bond acceptors (Lipinski definition) is 11. The van der Waals surface area contributed by atoms with Crippen LogP contribution in [0, 0.1) is 5.41 Å². The molecule has 1 fully saturated rings. The number of amides is 1. The number of rotatable bonds is 8. The third-order valence-electron chi connectivity index (χ3n) is 3.69. The second kappa shape index (κ2) is 9.68. The lowest BCUT2D eigenvalue weighted by molar-refractivity contribution is -0.146. The molecule has 1 aliphatic rings. The number of esters is 2. The normalized spacial score (nSPS) is 23.6. The minimum atomic E-state index is -3.89. The van der Waals surface area contributed by atoms with Gasteiger partial charge in [0.05, 0.1) is 20.1 Å². The SMILES string of the molecule is COC(=O)CCNC(=O)[C@@H]1O[P](O)(OCOC(=O)c2ccns2)OCC1(C)C. The van der Waals surface area contributed by atoms with Crippen LogP contribution in [0.4, 0.5) is 0 Å². The van der Waals surface area contributed by atoms with Crippen LogP contribution in [0.2, 0.25) is 0 Å². The highest BCUT2D eigenvalue weighted by atomic mass is 32.1. The van der Waals surface area contributed by atoms with Gasteiger partial charge in [0.15, 0.2) is 6.10 Å². The average molecular weight is 437 g/mol. The van der Waals surface area contributed by atoms with E-state index in [9.17, 15) is 19.3 Å². The van der Waals surface area contributed by atoms with Crippen LogP contribution in [0.3, 0.4) is 0 Å². The van der Waals surface area contributed by atoms with Crippen molar-refractivity contribution in [3.8, 4) is 0 Å². The molecule has 1 aromatic heterocycles. The Labute approximate surface area is 166 Å². The third kappa shape index (κ3) is 6.16. The van der Waals surface area contributed by atoms with Gasteiger partial charge in [-0.15, -0.1) is 0 Å². The molecule has 2 N–H and O–H groups in total. The molecule has 1 aromatic rings. The number of hydrogen-bond donors (Lipinski definition) is 2. The maximum absolute atomic E-state index is 12.4. The van der Waals surface area contributed by atoms with Crippen LogP contribution in [0.25, 0.3) is 0 Å². The fourth-order valence-corrected chi connectivity index (χ4v) is 4.14. The number of ether oxygens (including phenoxy) is 2. The second-order valence-electron chi connectivity index (χ2n) is 6.39. The monoisotopic (exact) mass is 437 g/mol. The zero-order chi connectivity index (χ0) is 20.8. The standard InChI is InChI=1S/C15H22N2O9PS/c1-15(2)8-24-27(21,25-9-23-14(20)10-4-7-17-28-10)26-12(15)13(19)16-6-5-11(18)22-3/h4,7,12,21H,5-6,8-9H2,1-3H3,(H,16,19)/t12-/m0/s1. The van der Waals surface area contributed by atoms with E-state index in [0.717, 1.165) is 11.5 Å². The Morgan fingerprint density at radius 3 is 2.86 bits per heavy atom. The molecule has 1 unspecified atom stereocenters. The minimum absolute atomic E-state index is 0.00463. The Morgan fingerprint density at radius 2 is 2.21 bits per heavy atom. The van der Waals surface area contributed by atoms with Gasteiger partial charge in [0.25, 0.3) is 0 Å². The maximum Gasteiger partial charge on any atom is 0.381 e. The quantitative estimate of drug-likeness (QED) is 0.344. The Hall–Kier alpha value is -1.69. The van der Waals surface area contributed by atoms with Gasteiger partial charge in [-0.25, -0.2) is 9.17 Å². The van der Waals surface area contributed by atoms with Crippen LogP contribution < -0.4 is 5.32 Å². The molecule has 0 aromatic carbocycles. The summed E-state index contributed by atoms with van der Waals surface area (Å²) in [6.07, 6.45) is 0.339. The molecular weight excluding hydrogens is 415 g/mol. The van der Waals surface area contributed by atoms with Crippen LogP contribution in [0.5, 0.6) is 0 Å². The summed E-state index contributed by atoms with van der Waals surface area (Å²) >= 11 is 0.949. The molecule has 0 bridgehead atoms. The maximum atomic E-state index is 12.4. The summed E-state index contributed by atoms with van der Waals surface area (Å²) < 4.78 is 28.9. The summed E-state index contributed by atoms with van der Waals surface area (Å²) in [7, 11) is -2.64. The summed E-state index contributed by atoms with van der Waals surface area (Å²) in [4.78, 5) is 46.0. The van der Waals surface area contributed by atoms with Gasteiger partial charge in [0, 0.05) is 18.2 Å². The van der Waals surface area contributed by atoms with E-state index in [-0.39, 0.29) is 24.4 Å². The van der Waals surface area contributed by atoms with Gasteiger partial charge >= 0.3 is 20.1 Å². The molecule has 1 radical (unpaired) electrons. The van der Waals surface area contributed by atoms with E-state index in [4.69, 9.17) is 18.3 Å². The Morgan fingerprint density at radius 1 is 1.46 bits per heavy atom. The van der Waals surface area contributed by atoms with Gasteiger partial charge in [-0.3, -0.25) is 23.2 Å². The molecule has 0 spiro atoms. The number of nitrogens with one attached hydrogen (secondary N) is 1. The van der Waals surface area contributed by atoms with Gasteiger partial charge in [-0.1, -0.05) is 13.8 Å². The highest BCUT2D eigenvalue weighted by molar-refractivity contribution is 7.55. The highest BCUT2D eigenvalue weighted by Gasteiger charge is 2.50. The predicted octanol–water partition coefficient (Wildman–Crippen LogP) is 1.06. The first kappa shape index (κ1) is 22.6. The van der Waals surface area contributed by atoms with Gasteiger partial charge in [0.2, 0.25) is 12.7 Å². The number of nitrogens with zero attached hydrogens (tertiary/aromatic N) is 1. The predicted molar refractivity (Wildman–Crippen MR) is 96.9 cm³/mol. The lowest BCUT2D eigenvalue weighted by Crippen LogP contribution is -2.50. The van der Waals surface area contributed by atoms with Gasteiger partial charge < -0.3 is 19.7 Å². The largest absolute Gasteiger partial charge is 0.469 e. The van der Waals surface area contributed by atoms with Crippen molar-refractivity contribution >= 4 is 37.5 Å². The van der Waals surface area contributed by atoms with E-state index in [1.54, 1.807) is 13.8 Å². The number of methoxy groups -OCH3 is 1. The number of aromatic nitrogens is 1. The molecule has 13 heteroatoms. The molecule has 0 aliphatic carbocycles. The fourth-order valence-electron chi connectivity index (χ4n) is 2.12. The summed E-state index contributed by atoms with van der Waals surface area (Å²) in [6.45, 7) is 2.81. The van der Waals surface area contributed by atoms with Gasteiger partial charge in [-0.2, -0.15) is 0 Å². The molecule has 2 atom stereocenters. The van der Waals surface area contributed by atoms with E-state index in [1.165, 1.54) is 19.4 Å². The van der Waals surface area contributed by atoms with Gasteiger partial charge in [0.1, 0.15) is 4.88 Å². The lowest BCUT2D eigenvalue weighted by Gasteiger charge is -2.43. The molecule has 28 heavy (non-hydrogen) atoms. The summed E-state index contributed by atoms with van der Waals surface area (Å²) in [5, 5.41) is 2.54. The van der Waals surface area contributed by atoms with Crippen LogP contribution in [0.1, 0.15) is 29.9 Å². The van der Waals surface area contributed by atoms with Gasteiger partial charge in [-0.05, 0) is 17.6 Å². The molecule has 11 nitrogen and oxygen atoms in total. The Balaban J connectivity index is 1.88. The van der Waals surface area contributed by atoms with Crippen LogP contribution >= 0.6 is 19.7 Å². The van der Waals surface area contributed by atoms with E-state index in [2.05, 4.69) is 14.4 Å². The molecule has 2 heterocycles. The van der Waals surface area contributed by atoms with Crippen molar-refractivity contribution in [3.05, 3.63) is 17.1 Å². The Bertz CT molecular complexity index is 700. The number of carbonyl (C=O) groups excluding carboxylic acids is 3.